The van der Waals surface area contributed by atoms with Crippen molar-refractivity contribution in [2.45, 2.75) is 0 Å². The normalized spacial score (nSPS) is 11.7. The number of carbonyl (C=O) groups is 1. The molecule has 4 heterocycles. The summed E-state index contributed by atoms with van der Waals surface area (Å²) in [5.74, 6) is 1.11. The lowest BCUT2D eigenvalue weighted by atomic mass is 10.2. The molecule has 0 bridgehead atoms. The minimum Gasteiger partial charge on any atom is -0.453 e. The van der Waals surface area contributed by atoms with Gasteiger partial charge in [0.1, 0.15) is 28.6 Å². The number of hydrogen-bond acceptors (Lipinski definition) is 5. The summed E-state index contributed by atoms with van der Waals surface area (Å²) < 4.78 is 8.03. The summed E-state index contributed by atoms with van der Waals surface area (Å²) >= 11 is 0. The molecule has 0 aliphatic carbocycles. The van der Waals surface area contributed by atoms with Gasteiger partial charge in [-0.2, -0.15) is 5.26 Å². The van der Waals surface area contributed by atoms with Gasteiger partial charge < -0.3 is 14.3 Å². The summed E-state index contributed by atoms with van der Waals surface area (Å²) in [6, 6.07) is 17.3. The lowest BCUT2D eigenvalue weighted by Gasteiger charge is -2.08. The van der Waals surface area contributed by atoms with Crippen LogP contribution in [0.2, 0.25) is 0 Å². The number of hydrogen-bond donors (Lipinski definition) is 1. The van der Waals surface area contributed by atoms with Gasteiger partial charge in [0.15, 0.2) is 11.6 Å². The molecule has 1 amide bonds. The van der Waals surface area contributed by atoms with E-state index in [0.29, 0.717) is 17.3 Å². The first-order valence-corrected chi connectivity index (χ1v) is 9.90. The van der Waals surface area contributed by atoms with Crippen molar-refractivity contribution in [2.75, 3.05) is 14.1 Å². The van der Waals surface area contributed by atoms with Gasteiger partial charge in [-0.25, -0.2) is 9.97 Å². The molecule has 8 heteroatoms. The highest BCUT2D eigenvalue weighted by atomic mass is 16.3. The molecule has 0 spiro atoms. The van der Waals surface area contributed by atoms with E-state index in [4.69, 9.17) is 9.40 Å². The molecule has 1 N–H and O–H groups in total. The zero-order chi connectivity index (χ0) is 22.2. The van der Waals surface area contributed by atoms with Gasteiger partial charge in [-0.1, -0.05) is 18.2 Å². The molecule has 0 aliphatic heterocycles. The predicted octanol–water partition coefficient (Wildman–Crippen LogP) is 4.16. The molecule has 4 aromatic heterocycles. The molecule has 156 valence electrons. The number of aromatic amines is 1. The third kappa shape index (κ3) is 3.13. The number of H-pyrrole nitrogens is 1. The number of benzene rings is 1. The molecule has 0 saturated heterocycles. The van der Waals surface area contributed by atoms with Gasteiger partial charge >= 0.3 is 0 Å². The van der Waals surface area contributed by atoms with Gasteiger partial charge in [-0.05, 0) is 30.3 Å². The van der Waals surface area contributed by atoms with E-state index in [1.165, 1.54) is 11.0 Å². The van der Waals surface area contributed by atoms with E-state index in [9.17, 15) is 10.1 Å². The Morgan fingerprint density at radius 2 is 2.00 bits per heavy atom. The van der Waals surface area contributed by atoms with Gasteiger partial charge in [0.05, 0.1) is 11.7 Å². The van der Waals surface area contributed by atoms with Gasteiger partial charge in [0, 0.05) is 37.4 Å². The Bertz CT molecular complexity index is 1530. The van der Waals surface area contributed by atoms with Gasteiger partial charge in [-0.3, -0.25) is 9.36 Å². The zero-order valence-corrected chi connectivity index (χ0v) is 17.4. The first-order valence-electron chi connectivity index (χ1n) is 9.90. The van der Waals surface area contributed by atoms with Crippen molar-refractivity contribution < 1.29 is 9.21 Å². The average molecular weight is 422 g/mol. The average Bonchev–Trinajstić information content (AvgIpc) is 3.54. The minimum absolute atomic E-state index is 0.00862. The summed E-state index contributed by atoms with van der Waals surface area (Å²) in [6.07, 6.45) is 5.01. The number of nitrogens with one attached hydrogen (secondary N) is 1. The van der Waals surface area contributed by atoms with Gasteiger partial charge in [0.2, 0.25) is 0 Å². The van der Waals surface area contributed by atoms with Crippen LogP contribution in [-0.2, 0) is 4.79 Å². The van der Waals surface area contributed by atoms with E-state index in [0.717, 1.165) is 27.8 Å². The highest BCUT2D eigenvalue weighted by Gasteiger charge is 2.20. The van der Waals surface area contributed by atoms with Crippen LogP contribution in [0.15, 0.2) is 70.9 Å². The van der Waals surface area contributed by atoms with Gasteiger partial charge in [0.25, 0.3) is 5.91 Å². The Morgan fingerprint density at radius 1 is 1.19 bits per heavy atom. The second kappa shape index (κ2) is 7.56. The number of furan rings is 1. The summed E-state index contributed by atoms with van der Waals surface area (Å²) in [6.45, 7) is 0. The number of carbonyl (C=O) groups excluding carboxylic acids is 1. The summed E-state index contributed by atoms with van der Waals surface area (Å²) in [4.78, 5) is 25.9. The summed E-state index contributed by atoms with van der Waals surface area (Å²) in [7, 11) is 3.19. The Kier molecular flexibility index (Phi) is 4.57. The highest BCUT2D eigenvalue weighted by Crippen LogP contribution is 2.33. The van der Waals surface area contributed by atoms with Crippen molar-refractivity contribution in [1.29, 1.82) is 5.26 Å². The molecule has 1 aromatic carbocycles. The van der Waals surface area contributed by atoms with E-state index >= 15 is 0 Å². The number of pyridine rings is 1. The Labute approximate surface area is 183 Å². The fraction of sp³-hybridized carbons (Fsp3) is 0.0833. The molecule has 0 saturated carbocycles. The van der Waals surface area contributed by atoms with Crippen LogP contribution in [0.1, 0.15) is 5.76 Å². The Morgan fingerprint density at radius 3 is 2.75 bits per heavy atom. The lowest BCUT2D eigenvalue weighted by Crippen LogP contribution is -2.22. The molecule has 5 rings (SSSR count). The predicted molar refractivity (Wildman–Crippen MR) is 121 cm³/mol. The van der Waals surface area contributed by atoms with E-state index in [-0.39, 0.29) is 11.5 Å². The number of imidazole rings is 1. The Hall–Kier alpha value is -4.64. The van der Waals surface area contributed by atoms with Crippen LogP contribution in [0.4, 0.5) is 0 Å². The van der Waals surface area contributed by atoms with E-state index in [1.54, 1.807) is 32.4 Å². The Balaban J connectivity index is 1.71. The number of amides is 1. The van der Waals surface area contributed by atoms with Crippen molar-refractivity contribution >= 4 is 34.1 Å². The molecule has 0 atom stereocenters. The van der Waals surface area contributed by atoms with E-state index in [1.807, 2.05) is 53.2 Å². The molecule has 32 heavy (non-hydrogen) atoms. The second-order valence-corrected chi connectivity index (χ2v) is 7.41. The molecular formula is C24H18N6O2. The molecule has 0 aliphatic rings. The summed E-state index contributed by atoms with van der Waals surface area (Å²) in [5, 5.41) is 10.3. The summed E-state index contributed by atoms with van der Waals surface area (Å²) in [5.41, 5.74) is 3.32. The van der Waals surface area contributed by atoms with Crippen molar-refractivity contribution in [2.24, 2.45) is 0 Å². The van der Waals surface area contributed by atoms with Crippen LogP contribution in [0.25, 0.3) is 45.4 Å². The maximum absolute atomic E-state index is 12.2. The number of aromatic nitrogens is 4. The van der Waals surface area contributed by atoms with Crippen LogP contribution in [0, 0.1) is 11.3 Å². The fourth-order valence-electron chi connectivity index (χ4n) is 3.64. The molecule has 0 radical (unpaired) electrons. The zero-order valence-electron chi connectivity index (χ0n) is 17.4. The van der Waals surface area contributed by atoms with Crippen LogP contribution >= 0.6 is 0 Å². The first kappa shape index (κ1) is 19.3. The standard InChI is InChI=1S/C24H18N6O2/c1-29(2)24(31)15(13-25)12-17-8-9-20(32-17)23-28-19-14-27-22-18(10-11-26-22)21(19)30(23)16-6-4-3-5-7-16/h3-12,14H,1-2H3,(H,26,27)/b15-12+. The first-order chi connectivity index (χ1) is 15.6. The molecular weight excluding hydrogens is 404 g/mol. The third-order valence-corrected chi connectivity index (χ3v) is 5.11. The largest absolute Gasteiger partial charge is 0.453 e. The van der Waals surface area contributed by atoms with Crippen molar-refractivity contribution in [3.8, 4) is 23.3 Å². The van der Waals surface area contributed by atoms with Crippen LogP contribution < -0.4 is 0 Å². The van der Waals surface area contributed by atoms with Crippen LogP contribution in [0.5, 0.6) is 0 Å². The number of fused-ring (bicyclic) bond motifs is 3. The van der Waals surface area contributed by atoms with E-state index in [2.05, 4.69) is 9.97 Å². The monoisotopic (exact) mass is 422 g/mol. The highest BCUT2D eigenvalue weighted by molar-refractivity contribution is 6.03. The lowest BCUT2D eigenvalue weighted by molar-refractivity contribution is -0.124. The van der Waals surface area contributed by atoms with Gasteiger partial charge in [-0.15, -0.1) is 0 Å². The molecule has 0 unspecified atom stereocenters. The maximum atomic E-state index is 12.2. The molecule has 0 fully saturated rings. The van der Waals surface area contributed by atoms with Crippen molar-refractivity contribution in [1.82, 2.24) is 24.4 Å². The fourth-order valence-corrected chi connectivity index (χ4v) is 3.64. The van der Waals surface area contributed by atoms with Crippen molar-refractivity contribution in [3.63, 3.8) is 0 Å². The van der Waals surface area contributed by atoms with Crippen LogP contribution in [-0.4, -0.2) is 44.4 Å². The van der Waals surface area contributed by atoms with Crippen molar-refractivity contribution in [3.05, 3.63) is 72.3 Å². The number of likely N-dealkylation sites (N-methyl/N-ethyl adjacent to an activating group) is 1. The smallest absolute Gasteiger partial charge is 0.264 e. The molecule has 8 nitrogen and oxygen atoms in total. The number of nitrogens with zero attached hydrogens (tertiary/aromatic N) is 5. The number of nitriles is 1. The second-order valence-electron chi connectivity index (χ2n) is 7.41. The van der Waals surface area contributed by atoms with Crippen LogP contribution in [0.3, 0.4) is 0 Å². The van der Waals surface area contributed by atoms with E-state index < -0.39 is 0 Å². The third-order valence-electron chi connectivity index (χ3n) is 5.11. The minimum atomic E-state index is -0.386. The molecule has 5 aromatic rings. The maximum Gasteiger partial charge on any atom is 0.264 e. The quantitative estimate of drug-likeness (QED) is 0.346. The number of para-hydroxylation sites is 1. The topological polar surface area (TPSA) is 104 Å². The SMILES string of the molecule is CN(C)C(=O)/C(C#N)=C/c1ccc(-c2nc3cnc4[nH]ccc4c3n2-c2ccccc2)o1. The number of rotatable bonds is 4.